The van der Waals surface area contributed by atoms with Crippen LogP contribution < -0.4 is 15.4 Å². The second-order valence-electron chi connectivity index (χ2n) is 3.97. The molecule has 2 amide bonds. The summed E-state index contributed by atoms with van der Waals surface area (Å²) in [5, 5.41) is 5.33. The van der Waals surface area contributed by atoms with E-state index in [0.717, 1.165) is 11.3 Å². The van der Waals surface area contributed by atoms with Gasteiger partial charge < -0.3 is 15.4 Å². The van der Waals surface area contributed by atoms with Crippen molar-refractivity contribution in [3.05, 3.63) is 42.0 Å². The van der Waals surface area contributed by atoms with E-state index >= 15 is 0 Å². The van der Waals surface area contributed by atoms with Crippen LogP contribution in [0, 0.1) is 13.8 Å². The van der Waals surface area contributed by atoms with E-state index in [4.69, 9.17) is 4.74 Å². The maximum Gasteiger partial charge on any atom is 0.315 e. The lowest BCUT2D eigenvalue weighted by molar-refractivity contribution is 0.237. The van der Waals surface area contributed by atoms with Crippen molar-refractivity contribution in [3.63, 3.8) is 0 Å². The number of amides is 2. The topological polar surface area (TPSA) is 50.4 Å². The number of rotatable bonds is 6. The summed E-state index contributed by atoms with van der Waals surface area (Å²) in [6.45, 7) is 8.97. The van der Waals surface area contributed by atoms with Gasteiger partial charge in [-0.15, -0.1) is 6.58 Å². The van der Waals surface area contributed by atoms with Crippen molar-refractivity contribution in [1.82, 2.24) is 10.6 Å². The standard InChI is InChI=1S/C14H20N2O2/c1-4-8-15-14(17)16-9-10-18-13-7-5-6-11(2)12(13)3/h4-7H,1,8-10H2,2-3H3,(H2,15,16,17). The Bertz CT molecular complexity index is 416. The fourth-order valence-corrected chi connectivity index (χ4v) is 1.43. The molecule has 18 heavy (non-hydrogen) atoms. The third-order valence-electron chi connectivity index (χ3n) is 2.61. The van der Waals surface area contributed by atoms with Gasteiger partial charge in [-0.05, 0) is 31.0 Å². The van der Waals surface area contributed by atoms with E-state index in [-0.39, 0.29) is 6.03 Å². The molecule has 0 radical (unpaired) electrons. The Balaban J connectivity index is 2.27. The summed E-state index contributed by atoms with van der Waals surface area (Å²) in [6.07, 6.45) is 1.63. The van der Waals surface area contributed by atoms with Crippen LogP contribution >= 0.6 is 0 Å². The van der Waals surface area contributed by atoms with Crippen LogP contribution in [0.15, 0.2) is 30.9 Å². The molecule has 0 unspecified atom stereocenters. The molecule has 0 aliphatic carbocycles. The van der Waals surface area contributed by atoms with Crippen molar-refractivity contribution in [3.8, 4) is 5.75 Å². The zero-order valence-electron chi connectivity index (χ0n) is 11.0. The third-order valence-corrected chi connectivity index (χ3v) is 2.61. The molecule has 1 aromatic rings. The Hall–Kier alpha value is -1.97. The molecule has 4 nitrogen and oxygen atoms in total. The molecule has 1 aromatic carbocycles. The first-order chi connectivity index (χ1) is 8.65. The van der Waals surface area contributed by atoms with E-state index in [2.05, 4.69) is 17.2 Å². The van der Waals surface area contributed by atoms with Crippen LogP contribution in [0.4, 0.5) is 4.79 Å². The van der Waals surface area contributed by atoms with Gasteiger partial charge in [0.05, 0.1) is 6.54 Å². The summed E-state index contributed by atoms with van der Waals surface area (Å²) in [5.41, 5.74) is 2.33. The summed E-state index contributed by atoms with van der Waals surface area (Å²) in [7, 11) is 0. The van der Waals surface area contributed by atoms with Crippen LogP contribution in [-0.4, -0.2) is 25.7 Å². The van der Waals surface area contributed by atoms with Gasteiger partial charge in [-0.3, -0.25) is 0 Å². The molecule has 2 N–H and O–H groups in total. The molecule has 0 bridgehead atoms. The van der Waals surface area contributed by atoms with E-state index in [1.807, 2.05) is 32.0 Å². The van der Waals surface area contributed by atoms with Gasteiger partial charge in [0.2, 0.25) is 0 Å². The molecule has 98 valence electrons. The summed E-state index contributed by atoms with van der Waals surface area (Å²) in [5.74, 6) is 0.864. The van der Waals surface area contributed by atoms with Crippen molar-refractivity contribution in [1.29, 1.82) is 0 Å². The largest absolute Gasteiger partial charge is 0.491 e. The number of hydrogen-bond donors (Lipinski definition) is 2. The molecule has 0 saturated heterocycles. The molecule has 0 aromatic heterocycles. The number of nitrogens with one attached hydrogen (secondary N) is 2. The van der Waals surface area contributed by atoms with Crippen molar-refractivity contribution < 1.29 is 9.53 Å². The molecule has 0 fully saturated rings. The minimum atomic E-state index is -0.209. The van der Waals surface area contributed by atoms with E-state index in [1.165, 1.54) is 5.56 Å². The Labute approximate surface area is 108 Å². The molecule has 0 atom stereocenters. The van der Waals surface area contributed by atoms with Gasteiger partial charge in [-0.2, -0.15) is 0 Å². The number of aryl methyl sites for hydroxylation is 1. The second-order valence-corrected chi connectivity index (χ2v) is 3.97. The number of benzene rings is 1. The SMILES string of the molecule is C=CCNC(=O)NCCOc1cccc(C)c1C. The first kappa shape index (κ1) is 14.1. The maximum absolute atomic E-state index is 11.2. The molecule has 0 saturated carbocycles. The van der Waals surface area contributed by atoms with Gasteiger partial charge in [0, 0.05) is 6.54 Å². The molecule has 0 spiro atoms. The van der Waals surface area contributed by atoms with E-state index in [1.54, 1.807) is 6.08 Å². The minimum absolute atomic E-state index is 0.209. The molecule has 1 rings (SSSR count). The number of ether oxygens (including phenoxy) is 1. The number of carbonyl (C=O) groups excluding carboxylic acids is 1. The van der Waals surface area contributed by atoms with Crippen LogP contribution in [0.2, 0.25) is 0 Å². The predicted octanol–water partition coefficient (Wildman–Crippen LogP) is 2.17. The number of urea groups is 1. The van der Waals surface area contributed by atoms with Gasteiger partial charge in [-0.1, -0.05) is 18.2 Å². The molecule has 0 heterocycles. The summed E-state index contributed by atoms with van der Waals surface area (Å²) in [4.78, 5) is 11.2. The lowest BCUT2D eigenvalue weighted by Crippen LogP contribution is -2.37. The van der Waals surface area contributed by atoms with Crippen LogP contribution in [0.5, 0.6) is 5.75 Å². The fraction of sp³-hybridized carbons (Fsp3) is 0.357. The molecule has 0 aliphatic rings. The fourth-order valence-electron chi connectivity index (χ4n) is 1.43. The van der Waals surface area contributed by atoms with E-state index in [9.17, 15) is 4.79 Å². The van der Waals surface area contributed by atoms with Gasteiger partial charge in [-0.25, -0.2) is 4.79 Å². The molecule has 4 heteroatoms. The van der Waals surface area contributed by atoms with Crippen LogP contribution in [0.1, 0.15) is 11.1 Å². The average molecular weight is 248 g/mol. The number of hydrogen-bond acceptors (Lipinski definition) is 2. The molecule has 0 aliphatic heterocycles. The highest BCUT2D eigenvalue weighted by molar-refractivity contribution is 5.73. The maximum atomic E-state index is 11.2. The summed E-state index contributed by atoms with van der Waals surface area (Å²) in [6, 6.07) is 5.73. The monoisotopic (exact) mass is 248 g/mol. The zero-order valence-corrected chi connectivity index (χ0v) is 11.0. The summed E-state index contributed by atoms with van der Waals surface area (Å²) < 4.78 is 5.61. The predicted molar refractivity (Wildman–Crippen MR) is 73.0 cm³/mol. The lowest BCUT2D eigenvalue weighted by Gasteiger charge is -2.11. The first-order valence-electron chi connectivity index (χ1n) is 5.96. The Kier molecular flexibility index (Phi) is 5.77. The van der Waals surface area contributed by atoms with Crippen molar-refractivity contribution in [2.24, 2.45) is 0 Å². The van der Waals surface area contributed by atoms with Crippen molar-refractivity contribution >= 4 is 6.03 Å². The van der Waals surface area contributed by atoms with Gasteiger partial charge in [0.15, 0.2) is 0 Å². The van der Waals surface area contributed by atoms with Crippen molar-refractivity contribution in [2.45, 2.75) is 13.8 Å². The first-order valence-corrected chi connectivity index (χ1v) is 5.96. The van der Waals surface area contributed by atoms with Crippen LogP contribution in [0.3, 0.4) is 0 Å². The van der Waals surface area contributed by atoms with E-state index in [0.29, 0.717) is 19.7 Å². The van der Waals surface area contributed by atoms with Gasteiger partial charge in [0.1, 0.15) is 12.4 Å². The van der Waals surface area contributed by atoms with E-state index < -0.39 is 0 Å². The van der Waals surface area contributed by atoms with Crippen LogP contribution in [-0.2, 0) is 0 Å². The smallest absolute Gasteiger partial charge is 0.315 e. The normalized spacial score (nSPS) is 9.67. The Morgan fingerprint density at radius 2 is 2.17 bits per heavy atom. The third kappa shape index (κ3) is 4.49. The second kappa shape index (κ2) is 7.37. The van der Waals surface area contributed by atoms with Gasteiger partial charge in [0.25, 0.3) is 0 Å². The van der Waals surface area contributed by atoms with Gasteiger partial charge >= 0.3 is 6.03 Å². The molecular formula is C14H20N2O2. The Morgan fingerprint density at radius 3 is 2.89 bits per heavy atom. The highest BCUT2D eigenvalue weighted by Gasteiger charge is 2.02. The van der Waals surface area contributed by atoms with Crippen LogP contribution in [0.25, 0.3) is 0 Å². The Morgan fingerprint density at radius 1 is 1.39 bits per heavy atom. The highest BCUT2D eigenvalue weighted by atomic mass is 16.5. The summed E-state index contributed by atoms with van der Waals surface area (Å²) >= 11 is 0. The zero-order chi connectivity index (χ0) is 13.4. The average Bonchev–Trinajstić information content (AvgIpc) is 2.37. The van der Waals surface area contributed by atoms with Crippen molar-refractivity contribution in [2.75, 3.05) is 19.7 Å². The molecular weight excluding hydrogens is 228 g/mol. The number of carbonyl (C=O) groups is 1. The quantitative estimate of drug-likeness (QED) is 0.599. The lowest BCUT2D eigenvalue weighted by atomic mass is 10.1. The minimum Gasteiger partial charge on any atom is -0.491 e. The highest BCUT2D eigenvalue weighted by Crippen LogP contribution is 2.20.